The molecule has 4 heterocycles. The fraction of sp³-hybridized carbons (Fsp3) is 0.611. The largest absolute Gasteiger partial charge is 0.354 e. The highest BCUT2D eigenvalue weighted by atomic mass is 32.1. The van der Waals surface area contributed by atoms with Crippen molar-refractivity contribution in [3.63, 3.8) is 0 Å². The predicted molar refractivity (Wildman–Crippen MR) is 94.9 cm³/mol. The number of hydrogen-bond donors (Lipinski definition) is 0. The molecule has 0 amide bonds. The van der Waals surface area contributed by atoms with E-state index in [1.54, 1.807) is 0 Å². The Bertz CT molecular complexity index is 643. The van der Waals surface area contributed by atoms with Crippen molar-refractivity contribution >= 4 is 27.2 Å². The Morgan fingerprint density at radius 2 is 1.95 bits per heavy atom. The molecule has 4 rings (SSSR count). The Morgan fingerprint density at radius 3 is 2.77 bits per heavy atom. The Balaban J connectivity index is 1.60. The molecule has 2 aliphatic heterocycles. The predicted octanol–water partition coefficient (Wildman–Crippen LogP) is 4.14. The molecule has 3 atom stereocenters. The fourth-order valence-electron chi connectivity index (χ4n) is 4.43. The SMILES string of the molecule is C[C@@H]1CC[C@H](C)N1[C@@H]1CCCN(c2nccc3ccsc23)C1. The summed E-state index contributed by atoms with van der Waals surface area (Å²) in [5, 5.41) is 3.52. The number of rotatable bonds is 2. The van der Waals surface area contributed by atoms with E-state index in [1.165, 1.54) is 41.6 Å². The molecule has 118 valence electrons. The van der Waals surface area contributed by atoms with E-state index in [9.17, 15) is 0 Å². The average Bonchev–Trinajstić information content (AvgIpc) is 3.13. The Labute approximate surface area is 136 Å². The lowest BCUT2D eigenvalue weighted by atomic mass is 10.0. The smallest absolute Gasteiger partial charge is 0.146 e. The number of thiophene rings is 1. The summed E-state index contributed by atoms with van der Waals surface area (Å²) in [6.45, 7) is 7.09. The van der Waals surface area contributed by atoms with Crippen LogP contribution in [0.4, 0.5) is 5.82 Å². The van der Waals surface area contributed by atoms with Crippen molar-refractivity contribution in [1.82, 2.24) is 9.88 Å². The van der Waals surface area contributed by atoms with E-state index < -0.39 is 0 Å². The molecule has 2 saturated heterocycles. The van der Waals surface area contributed by atoms with Crippen molar-refractivity contribution in [1.29, 1.82) is 0 Å². The standard InChI is InChI=1S/C18H25N3S/c1-13-5-6-14(2)21(13)16-4-3-10-20(12-16)18-17-15(7-9-19-18)8-11-22-17/h7-9,11,13-14,16H,3-6,10,12H2,1-2H3/t13-,14+,16-/m1/s1. The first kappa shape index (κ1) is 14.5. The number of piperidine rings is 1. The second-order valence-electron chi connectivity index (χ2n) is 6.94. The summed E-state index contributed by atoms with van der Waals surface area (Å²) < 4.78 is 1.35. The van der Waals surface area contributed by atoms with Gasteiger partial charge in [-0.1, -0.05) is 0 Å². The highest BCUT2D eigenvalue weighted by Gasteiger charge is 2.35. The average molecular weight is 315 g/mol. The zero-order valence-electron chi connectivity index (χ0n) is 13.5. The first-order valence-electron chi connectivity index (χ1n) is 8.58. The molecule has 0 spiro atoms. The van der Waals surface area contributed by atoms with Gasteiger partial charge in [-0.25, -0.2) is 4.98 Å². The Morgan fingerprint density at radius 1 is 1.14 bits per heavy atom. The summed E-state index contributed by atoms with van der Waals surface area (Å²) in [6.07, 6.45) is 7.30. The van der Waals surface area contributed by atoms with E-state index in [-0.39, 0.29) is 0 Å². The number of nitrogens with zero attached hydrogens (tertiary/aromatic N) is 3. The fourth-order valence-corrected chi connectivity index (χ4v) is 5.34. The van der Waals surface area contributed by atoms with E-state index in [2.05, 4.69) is 41.2 Å². The second kappa shape index (κ2) is 5.82. The lowest BCUT2D eigenvalue weighted by molar-refractivity contribution is 0.129. The lowest BCUT2D eigenvalue weighted by Gasteiger charge is -2.42. The van der Waals surface area contributed by atoms with Gasteiger partial charge in [-0.05, 0) is 62.4 Å². The van der Waals surface area contributed by atoms with E-state index in [1.807, 2.05) is 17.5 Å². The van der Waals surface area contributed by atoms with Crippen LogP contribution in [0.3, 0.4) is 0 Å². The zero-order chi connectivity index (χ0) is 15.1. The van der Waals surface area contributed by atoms with Gasteiger partial charge >= 0.3 is 0 Å². The van der Waals surface area contributed by atoms with Crippen molar-refractivity contribution < 1.29 is 0 Å². The first-order valence-corrected chi connectivity index (χ1v) is 9.46. The maximum Gasteiger partial charge on any atom is 0.146 e. The molecule has 2 fully saturated rings. The summed E-state index contributed by atoms with van der Waals surface area (Å²) >= 11 is 1.82. The van der Waals surface area contributed by atoms with Crippen LogP contribution in [0.1, 0.15) is 39.5 Å². The van der Waals surface area contributed by atoms with Crippen molar-refractivity contribution in [2.75, 3.05) is 18.0 Å². The van der Waals surface area contributed by atoms with Crippen LogP contribution in [-0.4, -0.2) is 41.1 Å². The molecule has 2 aliphatic rings. The number of pyridine rings is 1. The third-order valence-electron chi connectivity index (χ3n) is 5.49. The van der Waals surface area contributed by atoms with Gasteiger partial charge in [0, 0.05) is 37.4 Å². The van der Waals surface area contributed by atoms with E-state index in [0.717, 1.165) is 25.2 Å². The van der Waals surface area contributed by atoms with Crippen LogP contribution in [0, 0.1) is 0 Å². The molecule has 0 saturated carbocycles. The van der Waals surface area contributed by atoms with E-state index in [0.29, 0.717) is 6.04 Å². The van der Waals surface area contributed by atoms with Crippen LogP contribution in [0.5, 0.6) is 0 Å². The normalized spacial score (nSPS) is 30.3. The van der Waals surface area contributed by atoms with Gasteiger partial charge in [-0.2, -0.15) is 0 Å². The van der Waals surface area contributed by atoms with Crippen molar-refractivity contribution in [2.45, 2.75) is 57.7 Å². The Kier molecular flexibility index (Phi) is 3.82. The van der Waals surface area contributed by atoms with Crippen LogP contribution in [0.15, 0.2) is 23.7 Å². The summed E-state index contributed by atoms with van der Waals surface area (Å²) in [4.78, 5) is 10.0. The van der Waals surface area contributed by atoms with Gasteiger partial charge in [-0.3, -0.25) is 4.90 Å². The number of aromatic nitrogens is 1. The zero-order valence-corrected chi connectivity index (χ0v) is 14.4. The van der Waals surface area contributed by atoms with E-state index >= 15 is 0 Å². The third kappa shape index (κ3) is 2.42. The van der Waals surface area contributed by atoms with Crippen LogP contribution in [0.25, 0.3) is 10.1 Å². The molecule has 3 nitrogen and oxygen atoms in total. The quantitative estimate of drug-likeness (QED) is 0.830. The molecule has 0 aliphatic carbocycles. The third-order valence-corrected chi connectivity index (χ3v) is 6.41. The van der Waals surface area contributed by atoms with Crippen LogP contribution >= 0.6 is 11.3 Å². The molecule has 2 aromatic rings. The van der Waals surface area contributed by atoms with Gasteiger partial charge in [0.25, 0.3) is 0 Å². The number of hydrogen-bond acceptors (Lipinski definition) is 4. The van der Waals surface area contributed by atoms with Gasteiger partial charge in [0.2, 0.25) is 0 Å². The molecular formula is C18H25N3S. The van der Waals surface area contributed by atoms with Crippen LogP contribution in [0.2, 0.25) is 0 Å². The highest BCUT2D eigenvalue weighted by Crippen LogP contribution is 2.34. The van der Waals surface area contributed by atoms with Crippen LogP contribution in [-0.2, 0) is 0 Å². The lowest BCUT2D eigenvalue weighted by Crippen LogP contribution is -2.51. The minimum absolute atomic E-state index is 0.693. The molecule has 0 unspecified atom stereocenters. The van der Waals surface area contributed by atoms with Crippen molar-refractivity contribution in [3.8, 4) is 0 Å². The highest BCUT2D eigenvalue weighted by molar-refractivity contribution is 7.17. The molecule has 0 N–H and O–H groups in total. The van der Waals surface area contributed by atoms with Gasteiger partial charge in [-0.15, -0.1) is 11.3 Å². The minimum atomic E-state index is 0.693. The summed E-state index contributed by atoms with van der Waals surface area (Å²) in [7, 11) is 0. The first-order chi connectivity index (χ1) is 10.7. The number of likely N-dealkylation sites (tertiary alicyclic amines) is 1. The molecule has 0 radical (unpaired) electrons. The van der Waals surface area contributed by atoms with Crippen LogP contribution < -0.4 is 4.90 Å². The van der Waals surface area contributed by atoms with Crippen molar-refractivity contribution in [3.05, 3.63) is 23.7 Å². The monoisotopic (exact) mass is 315 g/mol. The summed E-state index contributed by atoms with van der Waals surface area (Å²) in [6, 6.07) is 6.51. The van der Waals surface area contributed by atoms with Crippen molar-refractivity contribution in [2.24, 2.45) is 0 Å². The second-order valence-corrected chi connectivity index (χ2v) is 7.85. The number of fused-ring (bicyclic) bond motifs is 1. The summed E-state index contributed by atoms with van der Waals surface area (Å²) in [5.74, 6) is 1.21. The maximum atomic E-state index is 4.72. The molecule has 2 aromatic heterocycles. The molecular weight excluding hydrogens is 290 g/mol. The minimum Gasteiger partial charge on any atom is -0.354 e. The Hall–Kier alpha value is -1.13. The van der Waals surface area contributed by atoms with Gasteiger partial charge in [0.05, 0.1) is 4.70 Å². The molecule has 0 aromatic carbocycles. The maximum absolute atomic E-state index is 4.72. The summed E-state index contributed by atoms with van der Waals surface area (Å²) in [5.41, 5.74) is 0. The van der Waals surface area contributed by atoms with E-state index in [4.69, 9.17) is 4.98 Å². The topological polar surface area (TPSA) is 19.4 Å². The number of anilines is 1. The van der Waals surface area contributed by atoms with Gasteiger partial charge < -0.3 is 4.90 Å². The van der Waals surface area contributed by atoms with Gasteiger partial charge in [0.15, 0.2) is 0 Å². The molecule has 0 bridgehead atoms. The molecule has 22 heavy (non-hydrogen) atoms. The van der Waals surface area contributed by atoms with Gasteiger partial charge in [0.1, 0.15) is 5.82 Å². The molecule has 4 heteroatoms.